The summed E-state index contributed by atoms with van der Waals surface area (Å²) in [6.07, 6.45) is 3.93. The highest BCUT2D eigenvalue weighted by Gasteiger charge is 2.30. The second-order valence-electron chi connectivity index (χ2n) is 11.9. The Bertz CT molecular complexity index is 1770. The van der Waals surface area contributed by atoms with Gasteiger partial charge in [-0.1, -0.05) is 29.3 Å². The van der Waals surface area contributed by atoms with Crippen molar-refractivity contribution in [3.63, 3.8) is 0 Å². The molecule has 12 heteroatoms. The summed E-state index contributed by atoms with van der Waals surface area (Å²) in [6.45, 7) is 8.80. The molecule has 3 aliphatic heterocycles. The molecule has 0 spiro atoms. The first-order valence-corrected chi connectivity index (χ1v) is 17.5. The number of H-pyrrole nitrogens is 1. The molecule has 1 aromatic heterocycles. The van der Waals surface area contributed by atoms with Gasteiger partial charge in [-0.05, 0) is 74.2 Å². The number of hydrogen-bond acceptors (Lipinski definition) is 6. The molecule has 0 unspecified atom stereocenters. The van der Waals surface area contributed by atoms with Crippen molar-refractivity contribution in [1.29, 1.82) is 0 Å². The van der Waals surface area contributed by atoms with Crippen molar-refractivity contribution in [3.8, 4) is 0 Å². The predicted octanol–water partition coefficient (Wildman–Crippen LogP) is 5.27. The summed E-state index contributed by atoms with van der Waals surface area (Å²) in [5.74, 6) is -0.611. The third kappa shape index (κ3) is 6.57. The monoisotopic (exact) mass is 670 g/mol. The van der Waals surface area contributed by atoms with Crippen molar-refractivity contribution >= 4 is 62.2 Å². The zero-order valence-corrected chi connectivity index (χ0v) is 27.6. The van der Waals surface area contributed by atoms with E-state index in [1.165, 1.54) is 12.1 Å². The number of aromatic amines is 1. The molecule has 9 nitrogen and oxygen atoms in total. The summed E-state index contributed by atoms with van der Waals surface area (Å²) in [7, 11) is -3.83. The number of aromatic nitrogens is 1. The van der Waals surface area contributed by atoms with Crippen LogP contribution in [-0.2, 0) is 36.3 Å². The van der Waals surface area contributed by atoms with E-state index in [1.807, 2.05) is 18.7 Å². The number of fused-ring (bicyclic) bond motifs is 1. The maximum Gasteiger partial charge on any atom is 0.256 e. The molecule has 3 aliphatic rings. The number of ether oxygens (including phenoxy) is 1. The Labute approximate surface area is 273 Å². The lowest BCUT2D eigenvalue weighted by Crippen LogP contribution is -2.50. The van der Waals surface area contributed by atoms with Gasteiger partial charge in [-0.2, -0.15) is 0 Å². The fraction of sp³-hybridized carbons (Fsp3) is 0.394. The molecule has 0 radical (unpaired) electrons. The first-order chi connectivity index (χ1) is 21.5. The number of sulfone groups is 1. The van der Waals surface area contributed by atoms with E-state index in [-0.39, 0.29) is 38.9 Å². The minimum absolute atomic E-state index is 0.0581. The van der Waals surface area contributed by atoms with Crippen molar-refractivity contribution in [1.82, 2.24) is 14.8 Å². The average molecular weight is 672 g/mol. The van der Waals surface area contributed by atoms with Crippen LogP contribution in [0.3, 0.4) is 0 Å². The Morgan fingerprint density at radius 2 is 1.71 bits per heavy atom. The minimum atomic E-state index is -3.83. The van der Waals surface area contributed by atoms with Gasteiger partial charge in [0.25, 0.3) is 5.91 Å². The largest absolute Gasteiger partial charge is 0.379 e. The molecular formula is C33H36Cl2N4O5S. The zero-order valence-electron chi connectivity index (χ0n) is 25.3. The topological polar surface area (TPSA) is 112 Å². The Morgan fingerprint density at radius 1 is 1.02 bits per heavy atom. The van der Waals surface area contributed by atoms with Crippen LogP contribution in [0.4, 0.5) is 5.69 Å². The summed E-state index contributed by atoms with van der Waals surface area (Å²) in [5, 5.41) is 3.37. The fourth-order valence-corrected chi connectivity index (χ4v) is 8.62. The van der Waals surface area contributed by atoms with Gasteiger partial charge in [0.05, 0.1) is 35.9 Å². The molecule has 2 amide bonds. The number of nitrogens with one attached hydrogen (secondary N) is 2. The van der Waals surface area contributed by atoms with E-state index in [2.05, 4.69) is 15.2 Å². The highest BCUT2D eigenvalue weighted by molar-refractivity contribution is 7.90. The number of piperidine rings is 1. The maximum atomic E-state index is 13.4. The number of aryl methyl sites for hydroxylation is 1. The van der Waals surface area contributed by atoms with Gasteiger partial charge in [-0.15, -0.1) is 0 Å². The van der Waals surface area contributed by atoms with E-state index < -0.39 is 9.84 Å². The highest BCUT2D eigenvalue weighted by atomic mass is 35.5. The summed E-state index contributed by atoms with van der Waals surface area (Å²) < 4.78 is 32.3. The smallest absolute Gasteiger partial charge is 0.256 e. The first-order valence-electron chi connectivity index (χ1n) is 15.1. The predicted molar refractivity (Wildman–Crippen MR) is 176 cm³/mol. The van der Waals surface area contributed by atoms with E-state index in [9.17, 15) is 18.0 Å². The molecule has 4 heterocycles. The number of nitrogens with zero attached hydrogens (tertiary/aromatic N) is 2. The van der Waals surface area contributed by atoms with Crippen molar-refractivity contribution < 1.29 is 22.7 Å². The van der Waals surface area contributed by atoms with E-state index in [0.717, 1.165) is 69.1 Å². The van der Waals surface area contributed by atoms with Crippen LogP contribution in [0.2, 0.25) is 10.0 Å². The molecule has 238 valence electrons. The highest BCUT2D eigenvalue weighted by Crippen LogP contribution is 2.37. The van der Waals surface area contributed by atoms with Gasteiger partial charge in [0.15, 0.2) is 9.84 Å². The van der Waals surface area contributed by atoms with Crippen LogP contribution in [0.5, 0.6) is 0 Å². The molecule has 0 saturated carbocycles. The Hall–Kier alpha value is -3.15. The van der Waals surface area contributed by atoms with E-state index in [1.54, 1.807) is 30.3 Å². The number of anilines is 1. The molecule has 0 bridgehead atoms. The Balaban J connectivity index is 1.19. The van der Waals surface area contributed by atoms with Crippen LogP contribution in [0.15, 0.2) is 41.3 Å². The quantitative estimate of drug-likeness (QED) is 0.331. The number of morpholine rings is 1. The number of carbonyl (C=O) groups excluding carboxylic acids is 2. The van der Waals surface area contributed by atoms with E-state index >= 15 is 0 Å². The first kappa shape index (κ1) is 31.8. The normalized spacial score (nSPS) is 18.8. The third-order valence-electron chi connectivity index (χ3n) is 9.16. The Kier molecular flexibility index (Phi) is 9.14. The number of rotatable bonds is 7. The van der Waals surface area contributed by atoms with E-state index in [4.69, 9.17) is 27.9 Å². The molecule has 2 saturated heterocycles. The molecule has 0 atom stereocenters. The maximum absolute atomic E-state index is 13.4. The zero-order chi connectivity index (χ0) is 31.9. The lowest BCUT2D eigenvalue weighted by molar-refractivity contribution is -0.132. The van der Waals surface area contributed by atoms with Crippen LogP contribution in [0.25, 0.3) is 11.6 Å². The molecule has 2 fully saturated rings. The standard InChI is InChI=1S/C33H36Cl2N4O5S/c1-20-24(18-32(40)39-10-8-22(9-11-39)38-12-14-44-15-13-38)21(2)36-31(20)17-26-25-16-23(6-7-30(25)37-33(26)41)45(42,43)19-27-28(34)4-3-5-29(27)35/h3-7,16-17,22,36H,8-15,18-19H2,1-2H3,(H,37,41). The molecule has 2 aromatic carbocycles. The molecule has 45 heavy (non-hydrogen) atoms. The number of amides is 2. The van der Waals surface area contributed by atoms with Crippen LogP contribution < -0.4 is 5.32 Å². The van der Waals surface area contributed by atoms with Gasteiger partial charge in [0, 0.05) is 70.5 Å². The van der Waals surface area contributed by atoms with Gasteiger partial charge < -0.3 is 19.9 Å². The minimum Gasteiger partial charge on any atom is -0.379 e. The SMILES string of the molecule is Cc1[nH]c(C=C2C(=O)Nc3ccc(S(=O)(=O)Cc4c(Cl)cccc4Cl)cc32)c(C)c1CC(=O)N1CCC(N2CCOCC2)CC1. The van der Waals surface area contributed by atoms with Crippen molar-refractivity contribution in [2.75, 3.05) is 44.7 Å². The molecule has 3 aromatic rings. The number of likely N-dealkylation sites (tertiary alicyclic amines) is 1. The van der Waals surface area contributed by atoms with E-state index in [0.29, 0.717) is 34.1 Å². The summed E-state index contributed by atoms with van der Waals surface area (Å²) in [5.41, 5.74) is 5.04. The van der Waals surface area contributed by atoms with Gasteiger partial charge >= 0.3 is 0 Å². The number of hydrogen-bond donors (Lipinski definition) is 2. The van der Waals surface area contributed by atoms with Gasteiger partial charge in [0.1, 0.15) is 0 Å². The molecular weight excluding hydrogens is 635 g/mol. The van der Waals surface area contributed by atoms with Crippen LogP contribution in [-0.4, -0.2) is 80.5 Å². The fourth-order valence-electron chi connectivity index (χ4n) is 6.50. The second-order valence-corrected chi connectivity index (χ2v) is 14.7. The van der Waals surface area contributed by atoms with Crippen LogP contribution in [0, 0.1) is 13.8 Å². The van der Waals surface area contributed by atoms with Gasteiger partial charge in [-0.3, -0.25) is 14.5 Å². The van der Waals surface area contributed by atoms with Crippen molar-refractivity contribution in [2.45, 2.75) is 49.8 Å². The molecule has 2 N–H and O–H groups in total. The van der Waals surface area contributed by atoms with Crippen molar-refractivity contribution in [3.05, 3.63) is 80.1 Å². The number of benzene rings is 2. The van der Waals surface area contributed by atoms with Crippen LogP contribution in [0.1, 0.15) is 46.5 Å². The third-order valence-corrected chi connectivity index (χ3v) is 11.5. The summed E-state index contributed by atoms with van der Waals surface area (Å²) in [4.78, 5) is 34.3. The molecule has 6 rings (SSSR count). The number of halogens is 2. The van der Waals surface area contributed by atoms with Gasteiger partial charge in [0.2, 0.25) is 5.91 Å². The summed E-state index contributed by atoms with van der Waals surface area (Å²) in [6, 6.07) is 9.93. The van der Waals surface area contributed by atoms with Crippen LogP contribution >= 0.6 is 23.2 Å². The number of carbonyl (C=O) groups is 2. The lowest BCUT2D eigenvalue weighted by atomic mass is 10.00. The Morgan fingerprint density at radius 3 is 2.40 bits per heavy atom. The van der Waals surface area contributed by atoms with Gasteiger partial charge in [-0.25, -0.2) is 8.42 Å². The van der Waals surface area contributed by atoms with Crippen molar-refractivity contribution in [2.24, 2.45) is 0 Å². The average Bonchev–Trinajstić information content (AvgIpc) is 3.48. The second kappa shape index (κ2) is 12.9. The summed E-state index contributed by atoms with van der Waals surface area (Å²) >= 11 is 12.5. The molecule has 0 aliphatic carbocycles. The lowest BCUT2D eigenvalue weighted by Gasteiger charge is -2.40.